The normalized spacial score (nSPS) is 12.0. The maximum absolute atomic E-state index is 6.32. The van der Waals surface area contributed by atoms with E-state index in [1.54, 1.807) is 0 Å². The van der Waals surface area contributed by atoms with Gasteiger partial charge in [0.1, 0.15) is 11.2 Å². The van der Waals surface area contributed by atoms with Crippen LogP contribution in [0, 0.1) is 0 Å². The Balaban J connectivity index is 1.34. The zero-order chi connectivity index (χ0) is 29.5. The van der Waals surface area contributed by atoms with Gasteiger partial charge in [0, 0.05) is 16.2 Å². The lowest BCUT2D eigenvalue weighted by atomic mass is 9.84. The molecule has 1 heterocycles. The lowest BCUT2D eigenvalue weighted by Gasteiger charge is -2.18. The zero-order valence-electron chi connectivity index (χ0n) is 24.4. The van der Waals surface area contributed by atoms with E-state index in [4.69, 9.17) is 4.42 Å². The van der Waals surface area contributed by atoms with Gasteiger partial charge in [-0.25, -0.2) is 0 Å². The van der Waals surface area contributed by atoms with Gasteiger partial charge in [0.05, 0.1) is 0 Å². The van der Waals surface area contributed by atoms with Crippen molar-refractivity contribution < 1.29 is 4.42 Å². The van der Waals surface area contributed by atoms with E-state index in [9.17, 15) is 0 Å². The minimum Gasteiger partial charge on any atom is -0.456 e. The van der Waals surface area contributed by atoms with Crippen molar-refractivity contribution in [1.82, 2.24) is 0 Å². The highest BCUT2D eigenvalue weighted by atomic mass is 16.3. The van der Waals surface area contributed by atoms with E-state index in [1.165, 1.54) is 81.5 Å². The Bertz CT molecular complexity index is 2720. The largest absolute Gasteiger partial charge is 0.456 e. The van der Waals surface area contributed by atoms with E-state index >= 15 is 0 Å². The van der Waals surface area contributed by atoms with Crippen LogP contribution in [-0.4, -0.2) is 0 Å². The van der Waals surface area contributed by atoms with Crippen LogP contribution in [-0.2, 0) is 0 Å². The Morgan fingerprint density at radius 2 is 0.756 bits per heavy atom. The van der Waals surface area contributed by atoms with Crippen LogP contribution < -0.4 is 0 Å². The van der Waals surface area contributed by atoms with Crippen molar-refractivity contribution in [2.24, 2.45) is 0 Å². The molecule has 0 radical (unpaired) electrons. The Labute approximate surface area is 259 Å². The summed E-state index contributed by atoms with van der Waals surface area (Å²) in [6.07, 6.45) is 0. The molecule has 0 bridgehead atoms. The third kappa shape index (κ3) is 3.44. The summed E-state index contributed by atoms with van der Waals surface area (Å²) >= 11 is 0. The Morgan fingerprint density at radius 1 is 0.267 bits per heavy atom. The van der Waals surface area contributed by atoms with E-state index in [0.29, 0.717) is 0 Å². The van der Waals surface area contributed by atoms with Crippen molar-refractivity contribution in [3.8, 4) is 22.3 Å². The summed E-state index contributed by atoms with van der Waals surface area (Å²) in [7, 11) is 0. The van der Waals surface area contributed by atoms with Gasteiger partial charge in [-0.3, -0.25) is 0 Å². The second-order valence-corrected chi connectivity index (χ2v) is 12.0. The molecular weight excluding hydrogens is 544 g/mol. The average molecular weight is 571 g/mol. The van der Waals surface area contributed by atoms with E-state index in [1.807, 2.05) is 6.07 Å². The summed E-state index contributed by atoms with van der Waals surface area (Å²) in [5.74, 6) is 0. The highest BCUT2D eigenvalue weighted by molar-refractivity contribution is 6.35. The molecule has 0 aliphatic heterocycles. The van der Waals surface area contributed by atoms with Gasteiger partial charge >= 0.3 is 0 Å². The number of fused-ring (bicyclic) bond motifs is 12. The molecule has 0 atom stereocenters. The molecule has 208 valence electrons. The fourth-order valence-electron chi connectivity index (χ4n) is 7.77. The average Bonchev–Trinajstić information content (AvgIpc) is 3.49. The maximum atomic E-state index is 6.32. The van der Waals surface area contributed by atoms with Crippen molar-refractivity contribution in [2.75, 3.05) is 0 Å². The Morgan fingerprint density at radius 3 is 1.44 bits per heavy atom. The van der Waals surface area contributed by atoms with Gasteiger partial charge in [0.15, 0.2) is 0 Å². The zero-order valence-corrected chi connectivity index (χ0v) is 24.4. The number of rotatable bonds is 2. The summed E-state index contributed by atoms with van der Waals surface area (Å²) < 4.78 is 6.32. The highest BCUT2D eigenvalue weighted by Gasteiger charge is 2.19. The molecule has 45 heavy (non-hydrogen) atoms. The second-order valence-electron chi connectivity index (χ2n) is 12.0. The first-order chi connectivity index (χ1) is 22.3. The van der Waals surface area contributed by atoms with Gasteiger partial charge in [-0.1, -0.05) is 133 Å². The van der Waals surface area contributed by atoms with E-state index < -0.39 is 0 Å². The summed E-state index contributed by atoms with van der Waals surface area (Å²) in [5.41, 5.74) is 6.90. The third-order valence-corrected chi connectivity index (χ3v) is 9.62. The van der Waals surface area contributed by atoms with Crippen LogP contribution in [0.4, 0.5) is 0 Å². The molecule has 0 saturated heterocycles. The summed E-state index contributed by atoms with van der Waals surface area (Å²) in [6.45, 7) is 0. The van der Waals surface area contributed by atoms with Crippen molar-refractivity contribution in [1.29, 1.82) is 0 Å². The Kier molecular flexibility index (Phi) is 5.06. The molecule has 0 aliphatic carbocycles. The number of hydrogen-bond donors (Lipinski definition) is 0. The van der Waals surface area contributed by atoms with Gasteiger partial charge in [-0.05, 0) is 95.0 Å². The minimum atomic E-state index is 0.928. The summed E-state index contributed by atoms with van der Waals surface area (Å²) in [6, 6.07) is 57.3. The quantitative estimate of drug-likeness (QED) is 0.149. The first-order valence-corrected chi connectivity index (χ1v) is 15.5. The van der Waals surface area contributed by atoms with Crippen LogP contribution >= 0.6 is 0 Å². The molecule has 0 fully saturated rings. The molecule has 1 aromatic heterocycles. The lowest BCUT2D eigenvalue weighted by molar-refractivity contribution is 0.669. The molecule has 0 unspecified atom stereocenters. The Hall–Kier alpha value is -5.92. The molecule has 0 aliphatic rings. The third-order valence-electron chi connectivity index (χ3n) is 9.62. The summed E-state index contributed by atoms with van der Waals surface area (Å²) in [5, 5.41) is 15.0. The van der Waals surface area contributed by atoms with Crippen LogP contribution in [0.5, 0.6) is 0 Å². The first-order valence-electron chi connectivity index (χ1n) is 15.5. The molecule has 10 rings (SSSR count). The van der Waals surface area contributed by atoms with Gasteiger partial charge in [-0.15, -0.1) is 0 Å². The van der Waals surface area contributed by atoms with Gasteiger partial charge in [0.2, 0.25) is 0 Å². The van der Waals surface area contributed by atoms with Gasteiger partial charge in [0.25, 0.3) is 0 Å². The van der Waals surface area contributed by atoms with E-state index in [-0.39, 0.29) is 0 Å². The highest BCUT2D eigenvalue weighted by Crippen LogP contribution is 2.46. The molecule has 0 saturated carbocycles. The second kappa shape index (κ2) is 9.29. The van der Waals surface area contributed by atoms with Crippen molar-refractivity contribution in [3.63, 3.8) is 0 Å². The molecule has 0 amide bonds. The van der Waals surface area contributed by atoms with Crippen LogP contribution in [0.2, 0.25) is 0 Å². The number of para-hydroxylation sites is 1. The SMILES string of the molecule is c1ccc(-c2c3ccccc3c(-c3ccc4c(c3)c3ccccc3c3c4ccc4oc5ccccc5c43)c3ccccc23)cc1. The lowest BCUT2D eigenvalue weighted by Crippen LogP contribution is -1.91. The number of hydrogen-bond acceptors (Lipinski definition) is 1. The monoisotopic (exact) mass is 570 g/mol. The first kappa shape index (κ1) is 24.5. The number of benzene rings is 9. The van der Waals surface area contributed by atoms with Crippen molar-refractivity contribution in [3.05, 3.63) is 158 Å². The fraction of sp³-hybridized carbons (Fsp3) is 0. The van der Waals surface area contributed by atoms with Gasteiger partial charge < -0.3 is 4.42 Å². The molecule has 9 aromatic carbocycles. The standard InChI is InChI=1S/C44H26O/c1-2-12-27(13-3-1)41-32-16-6-8-18-34(32)42(35-19-9-7-17-33(35)41)28-22-23-30-36-24-25-40-44(37-20-10-11-21-39(37)45-40)43(36)31-15-5-4-14-29(31)38(30)26-28/h1-26H. The predicted octanol–water partition coefficient (Wildman–Crippen LogP) is 12.7. The molecule has 1 heteroatoms. The summed E-state index contributed by atoms with van der Waals surface area (Å²) in [4.78, 5) is 0. The van der Waals surface area contributed by atoms with Gasteiger partial charge in [-0.2, -0.15) is 0 Å². The van der Waals surface area contributed by atoms with Crippen molar-refractivity contribution in [2.45, 2.75) is 0 Å². The van der Waals surface area contributed by atoms with Crippen LogP contribution in [0.3, 0.4) is 0 Å². The molecule has 0 spiro atoms. The smallest absolute Gasteiger partial charge is 0.136 e. The van der Waals surface area contributed by atoms with Crippen LogP contribution in [0.1, 0.15) is 0 Å². The fourth-order valence-corrected chi connectivity index (χ4v) is 7.77. The van der Waals surface area contributed by atoms with Crippen molar-refractivity contribution >= 4 is 75.8 Å². The molecule has 10 aromatic rings. The number of furan rings is 1. The molecular formula is C44H26O. The van der Waals surface area contributed by atoms with E-state index in [0.717, 1.165) is 16.6 Å². The molecule has 1 nitrogen and oxygen atoms in total. The van der Waals surface area contributed by atoms with E-state index in [2.05, 4.69) is 152 Å². The minimum absolute atomic E-state index is 0.928. The van der Waals surface area contributed by atoms with Crippen LogP contribution in [0.15, 0.2) is 162 Å². The molecule has 0 N–H and O–H groups in total. The predicted molar refractivity (Wildman–Crippen MR) is 192 cm³/mol. The maximum Gasteiger partial charge on any atom is 0.136 e. The topological polar surface area (TPSA) is 13.1 Å². The van der Waals surface area contributed by atoms with Crippen LogP contribution in [0.25, 0.3) is 98.1 Å².